The van der Waals surface area contributed by atoms with Gasteiger partial charge in [-0.15, -0.1) is 0 Å². The summed E-state index contributed by atoms with van der Waals surface area (Å²) in [4.78, 5) is 23.6. The number of rotatable bonds is 9. The fourth-order valence-corrected chi connectivity index (χ4v) is 3.40. The first-order chi connectivity index (χ1) is 15.2. The largest absolute Gasteiger partial charge is 0.478 e. The molecule has 1 atom stereocenters. The molecule has 0 aliphatic rings. The van der Waals surface area contributed by atoms with Crippen molar-refractivity contribution < 1.29 is 23.1 Å². The van der Waals surface area contributed by atoms with Crippen LogP contribution in [0.1, 0.15) is 52.5 Å². The molecule has 164 valence electrons. The first-order valence-corrected chi connectivity index (χ1v) is 10.9. The highest BCUT2D eigenvalue weighted by Gasteiger charge is 2.18. The Labute approximate surface area is 184 Å². The molecule has 11 heteroatoms. The standard InChI is InChI=1S/C21H19N5O5S/c1-2-3-4-16(13-23)25-26-32(30,31)17-8-6-15(7-9-17)20(27)24-19-10-5-14(12-22)11-18(19)21(28)29/h5-11,16H,2-4H2,1H3,(H,24,27)(H,28,29). The molecule has 0 heterocycles. The van der Waals surface area contributed by atoms with Crippen molar-refractivity contribution in [1.29, 1.82) is 10.5 Å². The quantitative estimate of drug-likeness (QED) is 0.544. The zero-order valence-electron chi connectivity index (χ0n) is 17.0. The number of nitrogens with one attached hydrogen (secondary N) is 1. The number of hydrogen-bond donors (Lipinski definition) is 2. The molecule has 0 spiro atoms. The maximum absolute atomic E-state index is 12.5. The molecule has 2 N–H and O–H groups in total. The zero-order valence-corrected chi connectivity index (χ0v) is 17.8. The molecule has 1 amide bonds. The highest BCUT2D eigenvalue weighted by molar-refractivity contribution is 7.90. The average molecular weight is 453 g/mol. The minimum absolute atomic E-state index is 0.0124. The van der Waals surface area contributed by atoms with Crippen molar-refractivity contribution in [2.75, 3.05) is 5.32 Å². The van der Waals surface area contributed by atoms with Gasteiger partial charge in [-0.05, 0) is 48.9 Å². The topological polar surface area (TPSA) is 173 Å². The van der Waals surface area contributed by atoms with Crippen molar-refractivity contribution in [2.24, 2.45) is 9.63 Å². The van der Waals surface area contributed by atoms with Gasteiger partial charge in [0.15, 0.2) is 6.04 Å². The number of nitrogens with zero attached hydrogens (tertiary/aromatic N) is 4. The highest BCUT2D eigenvalue weighted by Crippen LogP contribution is 2.20. The van der Waals surface area contributed by atoms with Crippen LogP contribution in [-0.2, 0) is 10.0 Å². The van der Waals surface area contributed by atoms with Crippen LogP contribution in [0.3, 0.4) is 0 Å². The number of carbonyl (C=O) groups is 2. The average Bonchev–Trinajstić information content (AvgIpc) is 2.79. The van der Waals surface area contributed by atoms with Gasteiger partial charge in [-0.25, -0.2) is 4.79 Å². The number of unbranched alkanes of at least 4 members (excludes halogenated alkanes) is 1. The van der Waals surface area contributed by atoms with Crippen molar-refractivity contribution in [3.05, 3.63) is 59.2 Å². The van der Waals surface area contributed by atoms with Gasteiger partial charge in [0.2, 0.25) is 0 Å². The summed E-state index contributed by atoms with van der Waals surface area (Å²) in [5.74, 6) is -1.99. The van der Waals surface area contributed by atoms with Gasteiger partial charge in [0, 0.05) is 5.56 Å². The maximum atomic E-state index is 12.5. The summed E-state index contributed by atoms with van der Waals surface area (Å²) >= 11 is 0. The predicted octanol–water partition coefficient (Wildman–Crippen LogP) is 3.73. The number of anilines is 1. The van der Waals surface area contributed by atoms with Gasteiger partial charge in [-0.2, -0.15) is 24.1 Å². The van der Waals surface area contributed by atoms with Crippen LogP contribution in [0.25, 0.3) is 0 Å². The van der Waals surface area contributed by atoms with E-state index in [4.69, 9.17) is 10.5 Å². The van der Waals surface area contributed by atoms with E-state index in [-0.39, 0.29) is 27.3 Å². The molecule has 2 aromatic carbocycles. The second-order valence-corrected chi connectivity index (χ2v) is 8.20. The number of aromatic carboxylic acids is 1. The number of nitriles is 2. The van der Waals surface area contributed by atoms with Gasteiger partial charge in [0.25, 0.3) is 15.9 Å². The highest BCUT2D eigenvalue weighted by atomic mass is 32.2. The van der Waals surface area contributed by atoms with Crippen molar-refractivity contribution in [3.8, 4) is 12.1 Å². The Bertz CT molecular complexity index is 1220. The SMILES string of the molecule is CCCCC(C#N)N=NS(=O)(=O)c1ccc(C(=O)Nc2ccc(C#N)cc2C(=O)O)cc1. The van der Waals surface area contributed by atoms with Crippen molar-refractivity contribution in [1.82, 2.24) is 0 Å². The Hall–Kier alpha value is -4.09. The lowest BCUT2D eigenvalue weighted by atomic mass is 10.1. The fraction of sp³-hybridized carbons (Fsp3) is 0.238. The van der Waals surface area contributed by atoms with Crippen molar-refractivity contribution >= 4 is 27.6 Å². The van der Waals surface area contributed by atoms with Crippen LogP contribution >= 0.6 is 0 Å². The van der Waals surface area contributed by atoms with Crippen LogP contribution in [0.4, 0.5) is 5.69 Å². The summed E-state index contributed by atoms with van der Waals surface area (Å²) in [6.07, 6.45) is 1.95. The van der Waals surface area contributed by atoms with Crippen LogP contribution in [0.5, 0.6) is 0 Å². The lowest BCUT2D eigenvalue weighted by molar-refractivity contribution is 0.0698. The third-order valence-corrected chi connectivity index (χ3v) is 5.49. The van der Waals surface area contributed by atoms with E-state index in [2.05, 4.69) is 15.0 Å². The molecule has 2 aromatic rings. The number of carbonyl (C=O) groups excluding carboxylic acids is 1. The Kier molecular flexibility index (Phi) is 8.16. The number of carboxylic acid groups (broad SMARTS) is 1. The van der Waals surface area contributed by atoms with E-state index < -0.39 is 27.9 Å². The molecule has 1 unspecified atom stereocenters. The van der Waals surface area contributed by atoms with E-state index in [9.17, 15) is 23.1 Å². The van der Waals surface area contributed by atoms with Crippen LogP contribution < -0.4 is 5.32 Å². The lowest BCUT2D eigenvalue weighted by Crippen LogP contribution is -2.15. The van der Waals surface area contributed by atoms with Gasteiger partial charge in [-0.3, -0.25) is 4.79 Å². The maximum Gasteiger partial charge on any atom is 0.337 e. The summed E-state index contributed by atoms with van der Waals surface area (Å²) < 4.78 is 28.0. The monoisotopic (exact) mass is 453 g/mol. The first kappa shape index (κ1) is 24.2. The van der Waals surface area contributed by atoms with Crippen molar-refractivity contribution in [3.63, 3.8) is 0 Å². The Morgan fingerprint density at radius 3 is 2.41 bits per heavy atom. The van der Waals surface area contributed by atoms with Crippen LogP contribution in [0, 0.1) is 22.7 Å². The van der Waals surface area contributed by atoms with Crippen molar-refractivity contribution in [2.45, 2.75) is 37.1 Å². The minimum atomic E-state index is -4.15. The molecule has 0 aliphatic heterocycles. The molecular formula is C21H19N5O5S. The summed E-state index contributed by atoms with van der Waals surface area (Å²) in [6.45, 7) is 1.93. The first-order valence-electron chi connectivity index (χ1n) is 9.47. The fourth-order valence-electron chi connectivity index (χ4n) is 2.58. The van der Waals surface area contributed by atoms with Gasteiger partial charge in [-0.1, -0.05) is 24.3 Å². The third-order valence-electron chi connectivity index (χ3n) is 4.32. The number of hydrogen-bond acceptors (Lipinski definition) is 7. The number of carboxylic acids is 1. The molecule has 10 nitrogen and oxygen atoms in total. The molecule has 0 aliphatic carbocycles. The van der Waals surface area contributed by atoms with E-state index in [1.165, 1.54) is 24.3 Å². The Morgan fingerprint density at radius 2 is 1.84 bits per heavy atom. The second-order valence-electron chi connectivity index (χ2n) is 6.62. The Balaban J connectivity index is 2.19. The molecular weight excluding hydrogens is 434 g/mol. The number of sulfonamides is 1. The normalized spacial score (nSPS) is 12.0. The predicted molar refractivity (Wildman–Crippen MR) is 113 cm³/mol. The summed E-state index contributed by atoms with van der Waals surface area (Å²) in [5.41, 5.74) is -0.0781. The van der Waals surface area contributed by atoms with Crippen LogP contribution in [0.15, 0.2) is 57.0 Å². The number of amides is 1. The molecule has 32 heavy (non-hydrogen) atoms. The van der Waals surface area contributed by atoms with E-state index in [0.717, 1.165) is 24.6 Å². The van der Waals surface area contributed by atoms with Gasteiger partial charge in [0.05, 0.1) is 33.8 Å². The minimum Gasteiger partial charge on any atom is -0.478 e. The Morgan fingerprint density at radius 1 is 1.16 bits per heavy atom. The van der Waals surface area contributed by atoms with Gasteiger partial charge < -0.3 is 10.4 Å². The molecule has 0 radical (unpaired) electrons. The summed E-state index contributed by atoms with van der Waals surface area (Å²) in [7, 11) is -4.15. The van der Waals surface area contributed by atoms with Gasteiger partial charge >= 0.3 is 5.97 Å². The van der Waals surface area contributed by atoms with E-state index in [1.54, 1.807) is 0 Å². The van der Waals surface area contributed by atoms with Crippen LogP contribution in [0.2, 0.25) is 0 Å². The molecule has 0 saturated carbocycles. The molecule has 0 fully saturated rings. The lowest BCUT2D eigenvalue weighted by Gasteiger charge is -2.09. The summed E-state index contributed by atoms with van der Waals surface area (Å²) in [6, 6.07) is 11.4. The van der Waals surface area contributed by atoms with Crippen LogP contribution in [-0.4, -0.2) is 31.4 Å². The number of benzene rings is 2. The van der Waals surface area contributed by atoms with E-state index >= 15 is 0 Å². The van der Waals surface area contributed by atoms with E-state index in [0.29, 0.717) is 12.8 Å². The molecule has 0 bridgehead atoms. The molecule has 2 rings (SSSR count). The van der Waals surface area contributed by atoms with E-state index in [1.807, 2.05) is 19.1 Å². The van der Waals surface area contributed by atoms with Gasteiger partial charge in [0.1, 0.15) is 0 Å². The second kappa shape index (κ2) is 10.8. The summed E-state index contributed by atoms with van der Waals surface area (Å²) in [5, 5.41) is 33.2. The zero-order chi connectivity index (χ0) is 23.7. The molecule has 0 aromatic heterocycles. The smallest absolute Gasteiger partial charge is 0.337 e. The third kappa shape index (κ3) is 6.20. The molecule has 0 saturated heterocycles.